The van der Waals surface area contributed by atoms with E-state index in [9.17, 15) is 5.11 Å². The van der Waals surface area contributed by atoms with Crippen LogP contribution in [0.4, 0.5) is 5.69 Å². The molecule has 2 rings (SSSR count). The summed E-state index contributed by atoms with van der Waals surface area (Å²) >= 11 is 0. The number of ether oxygens (including phenoxy) is 1. The number of hydrogen-bond acceptors (Lipinski definition) is 4. The van der Waals surface area contributed by atoms with Crippen molar-refractivity contribution in [3.8, 4) is 5.75 Å². The van der Waals surface area contributed by atoms with Gasteiger partial charge in [-0.05, 0) is 31.5 Å². The van der Waals surface area contributed by atoms with Crippen LogP contribution in [0.1, 0.15) is 25.5 Å². The summed E-state index contributed by atoms with van der Waals surface area (Å²) in [5.74, 6) is 0.867. The molecule has 1 heterocycles. The van der Waals surface area contributed by atoms with E-state index in [0.29, 0.717) is 0 Å². The largest absolute Gasteiger partial charge is 0.487 e. The van der Waals surface area contributed by atoms with Crippen LogP contribution in [0.3, 0.4) is 0 Å². The summed E-state index contributed by atoms with van der Waals surface area (Å²) in [7, 11) is 2.03. The maximum absolute atomic E-state index is 9.95. The quantitative estimate of drug-likeness (QED) is 0.812. The molecule has 0 aliphatic carbocycles. The first-order chi connectivity index (χ1) is 7.99. The molecule has 1 aliphatic heterocycles. The molecule has 0 fully saturated rings. The van der Waals surface area contributed by atoms with Gasteiger partial charge >= 0.3 is 0 Å². The van der Waals surface area contributed by atoms with Crippen LogP contribution >= 0.6 is 0 Å². The summed E-state index contributed by atoms with van der Waals surface area (Å²) in [5, 5.41) is 9.95. The number of nitrogens with two attached hydrogens (primary N) is 1. The van der Waals surface area contributed by atoms with Crippen molar-refractivity contribution in [1.82, 2.24) is 0 Å². The summed E-state index contributed by atoms with van der Waals surface area (Å²) in [4.78, 5) is 2.14. The first-order valence-electron chi connectivity index (χ1n) is 5.94. The van der Waals surface area contributed by atoms with Crippen LogP contribution in [0.25, 0.3) is 0 Å². The van der Waals surface area contributed by atoms with Gasteiger partial charge in [0, 0.05) is 13.1 Å². The number of fused-ring (bicyclic) bond motifs is 1. The molecular weight excluding hydrogens is 216 g/mol. The van der Waals surface area contributed by atoms with Gasteiger partial charge in [-0.3, -0.25) is 0 Å². The molecule has 17 heavy (non-hydrogen) atoms. The van der Waals surface area contributed by atoms with Crippen LogP contribution in [-0.2, 0) is 0 Å². The Bertz CT molecular complexity index is 406. The van der Waals surface area contributed by atoms with Gasteiger partial charge in [0.25, 0.3) is 0 Å². The predicted molar refractivity (Wildman–Crippen MR) is 68.4 cm³/mol. The van der Waals surface area contributed by atoms with E-state index in [0.717, 1.165) is 23.5 Å². The van der Waals surface area contributed by atoms with Crippen molar-refractivity contribution < 1.29 is 9.84 Å². The number of likely N-dealkylation sites (N-methyl/N-ethyl adjacent to an activating group) is 1. The highest BCUT2D eigenvalue weighted by Gasteiger charge is 2.22. The molecule has 1 aromatic carbocycles. The van der Waals surface area contributed by atoms with Crippen molar-refractivity contribution in [2.75, 3.05) is 18.5 Å². The van der Waals surface area contributed by atoms with E-state index in [2.05, 4.69) is 4.90 Å². The zero-order chi connectivity index (χ0) is 12.6. The molecule has 94 valence electrons. The lowest BCUT2D eigenvalue weighted by atomic mass is 10.0. The molecule has 3 unspecified atom stereocenters. The molecule has 3 atom stereocenters. The maximum Gasteiger partial charge on any atom is 0.143 e. The zero-order valence-corrected chi connectivity index (χ0v) is 10.6. The Morgan fingerprint density at radius 2 is 2.24 bits per heavy atom. The second-order valence-electron chi connectivity index (χ2n) is 4.84. The van der Waals surface area contributed by atoms with Crippen molar-refractivity contribution in [3.63, 3.8) is 0 Å². The Kier molecular flexibility index (Phi) is 3.26. The van der Waals surface area contributed by atoms with Gasteiger partial charge in [-0.2, -0.15) is 0 Å². The van der Waals surface area contributed by atoms with Crippen molar-refractivity contribution in [2.45, 2.75) is 32.1 Å². The van der Waals surface area contributed by atoms with Crippen molar-refractivity contribution >= 4 is 5.69 Å². The molecule has 0 saturated carbocycles. The first-order valence-corrected chi connectivity index (χ1v) is 5.94. The van der Waals surface area contributed by atoms with E-state index in [1.165, 1.54) is 0 Å². The van der Waals surface area contributed by atoms with Crippen LogP contribution < -0.4 is 15.4 Å². The van der Waals surface area contributed by atoms with Crippen molar-refractivity contribution in [1.29, 1.82) is 0 Å². The summed E-state index contributed by atoms with van der Waals surface area (Å²) in [6.45, 7) is 4.70. The third kappa shape index (κ3) is 2.37. The first kappa shape index (κ1) is 12.2. The lowest BCUT2D eigenvalue weighted by molar-refractivity contribution is 0.153. The molecule has 1 aliphatic rings. The number of anilines is 1. The number of benzene rings is 1. The Labute approximate surface area is 102 Å². The third-order valence-electron chi connectivity index (χ3n) is 3.09. The average Bonchev–Trinajstić information content (AvgIpc) is 2.27. The van der Waals surface area contributed by atoms with Crippen LogP contribution in [0, 0.1) is 0 Å². The molecule has 0 amide bonds. The van der Waals surface area contributed by atoms with Gasteiger partial charge in [-0.15, -0.1) is 0 Å². The number of hydrogen-bond donors (Lipinski definition) is 2. The number of aliphatic hydroxyl groups excluding tert-OH is 1. The van der Waals surface area contributed by atoms with E-state index < -0.39 is 6.10 Å². The lowest BCUT2D eigenvalue weighted by Gasteiger charge is -2.33. The molecule has 3 N–H and O–H groups in total. The average molecular weight is 236 g/mol. The topological polar surface area (TPSA) is 58.7 Å². The summed E-state index contributed by atoms with van der Waals surface area (Å²) in [6, 6.07) is 5.46. The number of aliphatic hydroxyl groups is 1. The molecule has 4 nitrogen and oxygen atoms in total. The normalized spacial score (nSPS) is 22.6. The van der Waals surface area contributed by atoms with Gasteiger partial charge in [0.15, 0.2) is 0 Å². The summed E-state index contributed by atoms with van der Waals surface area (Å²) < 4.78 is 5.74. The SMILES string of the molecule is CC1CN(C)c2cc(C(O)C(C)N)ccc2O1. The second kappa shape index (κ2) is 4.55. The molecule has 0 spiro atoms. The van der Waals surface area contributed by atoms with E-state index in [-0.39, 0.29) is 12.1 Å². The fraction of sp³-hybridized carbons (Fsp3) is 0.538. The van der Waals surface area contributed by atoms with Crippen LogP contribution in [-0.4, -0.2) is 30.8 Å². The van der Waals surface area contributed by atoms with E-state index in [1.54, 1.807) is 6.92 Å². The van der Waals surface area contributed by atoms with Crippen LogP contribution in [0.2, 0.25) is 0 Å². The highest BCUT2D eigenvalue weighted by Crippen LogP contribution is 2.35. The predicted octanol–water partition coefficient (Wildman–Crippen LogP) is 1.28. The Hall–Kier alpha value is -1.26. The Morgan fingerprint density at radius 3 is 2.88 bits per heavy atom. The Balaban J connectivity index is 2.33. The molecule has 4 heteroatoms. The van der Waals surface area contributed by atoms with Crippen LogP contribution in [0.5, 0.6) is 5.75 Å². The molecule has 0 saturated heterocycles. The molecule has 0 bridgehead atoms. The van der Waals surface area contributed by atoms with Gasteiger partial charge in [0.1, 0.15) is 11.9 Å². The highest BCUT2D eigenvalue weighted by atomic mass is 16.5. The van der Waals surface area contributed by atoms with Gasteiger partial charge in [0.2, 0.25) is 0 Å². The van der Waals surface area contributed by atoms with E-state index in [4.69, 9.17) is 10.5 Å². The summed E-state index contributed by atoms with van der Waals surface area (Å²) in [6.07, 6.45) is -0.440. The highest BCUT2D eigenvalue weighted by molar-refractivity contribution is 5.61. The zero-order valence-electron chi connectivity index (χ0n) is 10.6. The van der Waals surface area contributed by atoms with Gasteiger partial charge < -0.3 is 20.5 Å². The monoisotopic (exact) mass is 236 g/mol. The van der Waals surface area contributed by atoms with Gasteiger partial charge in [0.05, 0.1) is 18.3 Å². The molecule has 0 aromatic heterocycles. The fourth-order valence-corrected chi connectivity index (χ4v) is 2.16. The smallest absolute Gasteiger partial charge is 0.143 e. The number of nitrogens with zero attached hydrogens (tertiary/aromatic N) is 1. The van der Waals surface area contributed by atoms with E-state index >= 15 is 0 Å². The third-order valence-corrected chi connectivity index (χ3v) is 3.09. The Morgan fingerprint density at radius 1 is 1.53 bits per heavy atom. The minimum absolute atomic E-state index is 0.191. The van der Waals surface area contributed by atoms with Crippen molar-refractivity contribution in [2.24, 2.45) is 5.73 Å². The molecule has 0 radical (unpaired) electrons. The number of rotatable bonds is 2. The second-order valence-corrected chi connectivity index (χ2v) is 4.84. The minimum Gasteiger partial charge on any atom is -0.487 e. The molecule has 1 aromatic rings. The fourth-order valence-electron chi connectivity index (χ4n) is 2.16. The van der Waals surface area contributed by atoms with E-state index in [1.807, 2.05) is 32.2 Å². The van der Waals surface area contributed by atoms with Gasteiger partial charge in [-0.1, -0.05) is 6.07 Å². The maximum atomic E-state index is 9.95. The van der Waals surface area contributed by atoms with Crippen LogP contribution in [0.15, 0.2) is 18.2 Å². The minimum atomic E-state index is -0.631. The van der Waals surface area contributed by atoms with Gasteiger partial charge in [-0.25, -0.2) is 0 Å². The standard InChI is InChI=1S/C13H20N2O2/c1-8-7-15(3)11-6-10(13(16)9(2)14)4-5-12(11)17-8/h4-6,8-9,13,16H,7,14H2,1-3H3. The molecular formula is C13H20N2O2. The van der Waals surface area contributed by atoms with Crippen molar-refractivity contribution in [3.05, 3.63) is 23.8 Å². The lowest BCUT2D eigenvalue weighted by Crippen LogP contribution is -2.35. The summed E-state index contributed by atoms with van der Waals surface area (Å²) in [5.41, 5.74) is 7.56.